The standard InChI is InChI=1S/C23H24N2O2/c1-3-4-14-27-20-10-7-8-18(15-20)16-24-25-23(26)22-17(2)12-13-19-9-5-6-11-21(19)22/h5-13,15-16H,3-4,14H2,1-2H3,(H,25,26)/b24-16-. The molecule has 0 aliphatic rings. The van der Waals surface area contributed by atoms with Crippen molar-refractivity contribution in [1.29, 1.82) is 0 Å². The zero-order chi connectivity index (χ0) is 19.1. The van der Waals surface area contributed by atoms with E-state index in [0.29, 0.717) is 12.2 Å². The first-order valence-corrected chi connectivity index (χ1v) is 9.23. The number of fused-ring (bicyclic) bond motifs is 1. The van der Waals surface area contributed by atoms with Crippen molar-refractivity contribution < 1.29 is 9.53 Å². The Labute approximate surface area is 159 Å². The molecule has 0 saturated carbocycles. The zero-order valence-corrected chi connectivity index (χ0v) is 15.7. The maximum Gasteiger partial charge on any atom is 0.272 e. The first-order chi connectivity index (χ1) is 13.2. The van der Waals surface area contributed by atoms with Gasteiger partial charge in [0.15, 0.2) is 0 Å². The van der Waals surface area contributed by atoms with Crippen molar-refractivity contribution in [3.05, 3.63) is 77.4 Å². The second-order valence-electron chi connectivity index (χ2n) is 6.45. The van der Waals surface area contributed by atoms with Crippen molar-refractivity contribution >= 4 is 22.9 Å². The molecule has 4 nitrogen and oxygen atoms in total. The first kappa shape index (κ1) is 18.6. The molecule has 138 valence electrons. The van der Waals surface area contributed by atoms with E-state index in [-0.39, 0.29) is 5.91 Å². The normalized spacial score (nSPS) is 11.0. The maximum absolute atomic E-state index is 12.7. The van der Waals surface area contributed by atoms with Gasteiger partial charge in [0.25, 0.3) is 5.91 Å². The predicted octanol–water partition coefficient (Wildman–Crippen LogP) is 5.09. The van der Waals surface area contributed by atoms with Crippen LogP contribution in [0.1, 0.15) is 41.3 Å². The molecule has 3 rings (SSSR count). The Kier molecular flexibility index (Phi) is 6.21. The van der Waals surface area contributed by atoms with Gasteiger partial charge in [-0.1, -0.05) is 61.9 Å². The highest BCUT2D eigenvalue weighted by Gasteiger charge is 2.12. The molecule has 0 unspecified atom stereocenters. The molecule has 27 heavy (non-hydrogen) atoms. The minimum atomic E-state index is -0.212. The van der Waals surface area contributed by atoms with Gasteiger partial charge in [-0.3, -0.25) is 4.79 Å². The van der Waals surface area contributed by atoms with Gasteiger partial charge in [-0.05, 0) is 47.4 Å². The molecule has 0 spiro atoms. The van der Waals surface area contributed by atoms with E-state index in [1.807, 2.05) is 67.6 Å². The van der Waals surface area contributed by atoms with Crippen LogP contribution in [0.5, 0.6) is 5.75 Å². The molecular weight excluding hydrogens is 336 g/mol. The number of hydrogen-bond acceptors (Lipinski definition) is 3. The minimum absolute atomic E-state index is 0.212. The number of nitrogens with zero attached hydrogens (tertiary/aromatic N) is 1. The molecule has 0 heterocycles. The summed E-state index contributed by atoms with van der Waals surface area (Å²) < 4.78 is 5.70. The van der Waals surface area contributed by atoms with Gasteiger partial charge in [-0.15, -0.1) is 0 Å². The summed E-state index contributed by atoms with van der Waals surface area (Å²) in [5, 5.41) is 6.09. The molecule has 1 N–H and O–H groups in total. The molecule has 0 bridgehead atoms. The molecule has 4 heteroatoms. The van der Waals surface area contributed by atoms with E-state index in [9.17, 15) is 4.79 Å². The largest absolute Gasteiger partial charge is 0.494 e. The molecule has 0 saturated heterocycles. The molecule has 1 amide bonds. The number of amides is 1. The molecule has 0 aromatic heterocycles. The van der Waals surface area contributed by atoms with Gasteiger partial charge in [0.2, 0.25) is 0 Å². The summed E-state index contributed by atoms with van der Waals surface area (Å²) in [6.07, 6.45) is 3.75. The highest BCUT2D eigenvalue weighted by Crippen LogP contribution is 2.22. The lowest BCUT2D eigenvalue weighted by Crippen LogP contribution is -2.19. The van der Waals surface area contributed by atoms with Crippen molar-refractivity contribution in [2.24, 2.45) is 5.10 Å². The van der Waals surface area contributed by atoms with E-state index in [2.05, 4.69) is 17.5 Å². The summed E-state index contributed by atoms with van der Waals surface area (Å²) in [6, 6.07) is 19.5. The lowest BCUT2D eigenvalue weighted by molar-refractivity contribution is 0.0956. The Hall–Kier alpha value is -3.14. The third kappa shape index (κ3) is 4.73. The average Bonchev–Trinajstić information content (AvgIpc) is 2.68. The molecule has 0 atom stereocenters. The number of unbranched alkanes of at least 4 members (excludes halogenated alkanes) is 1. The molecule has 0 aliphatic heterocycles. The molecule has 3 aromatic rings. The van der Waals surface area contributed by atoms with Gasteiger partial charge in [-0.25, -0.2) is 5.43 Å². The Bertz CT molecular complexity index is 964. The smallest absolute Gasteiger partial charge is 0.272 e. The van der Waals surface area contributed by atoms with Gasteiger partial charge in [0, 0.05) is 0 Å². The summed E-state index contributed by atoms with van der Waals surface area (Å²) in [6.45, 7) is 4.77. The minimum Gasteiger partial charge on any atom is -0.494 e. The van der Waals surface area contributed by atoms with Crippen LogP contribution in [-0.2, 0) is 0 Å². The van der Waals surface area contributed by atoms with E-state index in [4.69, 9.17) is 4.74 Å². The number of benzene rings is 3. The van der Waals surface area contributed by atoms with Crippen molar-refractivity contribution in [3.63, 3.8) is 0 Å². The number of carbonyl (C=O) groups excluding carboxylic acids is 1. The highest BCUT2D eigenvalue weighted by atomic mass is 16.5. The second-order valence-corrected chi connectivity index (χ2v) is 6.45. The number of ether oxygens (including phenoxy) is 1. The fourth-order valence-electron chi connectivity index (χ4n) is 2.92. The number of hydrogen-bond donors (Lipinski definition) is 1. The number of rotatable bonds is 7. The first-order valence-electron chi connectivity index (χ1n) is 9.23. The fourth-order valence-corrected chi connectivity index (χ4v) is 2.92. The van der Waals surface area contributed by atoms with Crippen LogP contribution in [0.4, 0.5) is 0 Å². The van der Waals surface area contributed by atoms with E-state index in [1.54, 1.807) is 6.21 Å². The molecule has 0 radical (unpaired) electrons. The van der Waals surface area contributed by atoms with Crippen LogP contribution < -0.4 is 10.2 Å². The maximum atomic E-state index is 12.7. The molecule has 3 aromatic carbocycles. The van der Waals surface area contributed by atoms with Crippen LogP contribution in [-0.4, -0.2) is 18.7 Å². The van der Waals surface area contributed by atoms with Gasteiger partial charge in [0.1, 0.15) is 5.75 Å². The number of carbonyl (C=O) groups is 1. The van der Waals surface area contributed by atoms with Crippen LogP contribution in [0.2, 0.25) is 0 Å². The van der Waals surface area contributed by atoms with Crippen molar-refractivity contribution in [2.75, 3.05) is 6.61 Å². The number of hydrazone groups is 1. The Morgan fingerprint density at radius 2 is 1.96 bits per heavy atom. The van der Waals surface area contributed by atoms with Gasteiger partial charge < -0.3 is 4.74 Å². The second kappa shape index (κ2) is 8.99. The van der Waals surface area contributed by atoms with E-state index in [1.165, 1.54) is 0 Å². The van der Waals surface area contributed by atoms with Crippen molar-refractivity contribution in [1.82, 2.24) is 5.43 Å². The highest BCUT2D eigenvalue weighted by molar-refractivity contribution is 6.08. The lowest BCUT2D eigenvalue weighted by Gasteiger charge is -2.08. The Morgan fingerprint density at radius 3 is 2.81 bits per heavy atom. The van der Waals surface area contributed by atoms with Gasteiger partial charge in [-0.2, -0.15) is 5.10 Å². The summed E-state index contributed by atoms with van der Waals surface area (Å²) in [5.41, 5.74) is 5.09. The van der Waals surface area contributed by atoms with Crippen LogP contribution in [0.15, 0.2) is 65.8 Å². The molecule has 0 aliphatic carbocycles. The van der Waals surface area contributed by atoms with E-state index in [0.717, 1.165) is 40.5 Å². The molecular formula is C23H24N2O2. The van der Waals surface area contributed by atoms with Gasteiger partial charge in [0.05, 0.1) is 18.4 Å². The van der Waals surface area contributed by atoms with Crippen molar-refractivity contribution in [3.8, 4) is 5.75 Å². The molecule has 0 fully saturated rings. The van der Waals surface area contributed by atoms with Crippen LogP contribution >= 0.6 is 0 Å². The lowest BCUT2D eigenvalue weighted by atomic mass is 9.99. The Morgan fingerprint density at radius 1 is 1.11 bits per heavy atom. The summed E-state index contributed by atoms with van der Waals surface area (Å²) >= 11 is 0. The monoisotopic (exact) mass is 360 g/mol. The van der Waals surface area contributed by atoms with Crippen LogP contribution in [0.3, 0.4) is 0 Å². The number of nitrogens with one attached hydrogen (secondary N) is 1. The third-order valence-electron chi connectivity index (χ3n) is 4.37. The van der Waals surface area contributed by atoms with E-state index >= 15 is 0 Å². The summed E-state index contributed by atoms with van der Waals surface area (Å²) in [7, 11) is 0. The van der Waals surface area contributed by atoms with Gasteiger partial charge >= 0.3 is 0 Å². The van der Waals surface area contributed by atoms with Crippen LogP contribution in [0, 0.1) is 6.92 Å². The zero-order valence-electron chi connectivity index (χ0n) is 15.7. The van der Waals surface area contributed by atoms with E-state index < -0.39 is 0 Å². The number of aryl methyl sites for hydroxylation is 1. The van der Waals surface area contributed by atoms with Crippen molar-refractivity contribution in [2.45, 2.75) is 26.7 Å². The third-order valence-corrected chi connectivity index (χ3v) is 4.37. The topological polar surface area (TPSA) is 50.7 Å². The Balaban J connectivity index is 1.71. The van der Waals surface area contributed by atoms with Crippen LogP contribution in [0.25, 0.3) is 10.8 Å². The predicted molar refractivity (Wildman–Crippen MR) is 111 cm³/mol. The fraction of sp³-hybridized carbons (Fsp3) is 0.217. The quantitative estimate of drug-likeness (QED) is 0.362. The average molecular weight is 360 g/mol. The SMILES string of the molecule is CCCCOc1cccc(/C=N\NC(=O)c2c(C)ccc3ccccc23)c1. The summed E-state index contributed by atoms with van der Waals surface area (Å²) in [5.74, 6) is 0.597. The summed E-state index contributed by atoms with van der Waals surface area (Å²) in [4.78, 5) is 12.7.